The molecule has 4 heteroatoms. The smallest absolute Gasteiger partial charge is 0.251 e. The molecule has 2 rings (SSSR count). The Labute approximate surface area is 101 Å². The van der Waals surface area contributed by atoms with Gasteiger partial charge >= 0.3 is 0 Å². The lowest BCUT2D eigenvalue weighted by atomic mass is 10.1. The maximum atomic E-state index is 11.8. The number of hydrogen-bond acceptors (Lipinski definition) is 2. The summed E-state index contributed by atoms with van der Waals surface area (Å²) in [7, 11) is 3.96. The second kappa shape index (κ2) is 5.01. The Kier molecular flexibility index (Phi) is 3.44. The van der Waals surface area contributed by atoms with E-state index in [4.69, 9.17) is 0 Å². The summed E-state index contributed by atoms with van der Waals surface area (Å²) in [5.74, 6) is -0.0386. The third-order valence-corrected chi connectivity index (χ3v) is 2.58. The van der Waals surface area contributed by atoms with Crippen molar-refractivity contribution in [2.75, 3.05) is 27.2 Å². The Morgan fingerprint density at radius 1 is 1.47 bits per heavy atom. The van der Waals surface area contributed by atoms with Crippen LogP contribution < -0.4 is 5.32 Å². The number of hydrogen-bond donors (Lipinski definition) is 2. The van der Waals surface area contributed by atoms with Crippen molar-refractivity contribution in [2.45, 2.75) is 0 Å². The van der Waals surface area contributed by atoms with Crippen molar-refractivity contribution in [3.05, 3.63) is 36.0 Å². The number of likely N-dealkylation sites (N-methyl/N-ethyl adjacent to an activating group) is 1. The van der Waals surface area contributed by atoms with E-state index in [2.05, 4.69) is 16.4 Å². The van der Waals surface area contributed by atoms with Crippen molar-refractivity contribution >= 4 is 16.8 Å². The Morgan fingerprint density at radius 2 is 2.29 bits per heavy atom. The first-order chi connectivity index (χ1) is 8.16. The summed E-state index contributed by atoms with van der Waals surface area (Å²) in [5.41, 5.74) is 1.61. The molecule has 2 N–H and O–H groups in total. The predicted octanol–water partition coefficient (Wildman–Crippen LogP) is 1.26. The molecule has 0 atom stereocenters. The highest BCUT2D eigenvalue weighted by atomic mass is 16.1. The summed E-state index contributed by atoms with van der Waals surface area (Å²) in [5, 5.41) is 3.88. The fraction of sp³-hybridized carbons (Fsp3) is 0.308. The average molecular weight is 230 g/mol. The molecular weight excluding hydrogens is 214 g/mol. The molecule has 0 aliphatic carbocycles. The number of rotatable bonds is 4. The average Bonchev–Trinajstić information content (AvgIpc) is 2.75. The third-order valence-electron chi connectivity index (χ3n) is 2.58. The molecule has 4 nitrogen and oxygen atoms in total. The topological polar surface area (TPSA) is 48.1 Å². The minimum absolute atomic E-state index is 0.0386. The Bertz CT molecular complexity index is 516. The van der Waals surface area contributed by atoms with Crippen molar-refractivity contribution in [1.29, 1.82) is 0 Å². The number of H-pyrrole nitrogens is 1. The zero-order valence-corrected chi connectivity index (χ0v) is 10.1. The normalized spacial score (nSPS) is 11.0. The van der Waals surface area contributed by atoms with Crippen molar-refractivity contribution < 1.29 is 4.79 Å². The lowest BCUT2D eigenvalue weighted by Crippen LogP contribution is -2.31. The molecule has 0 aliphatic rings. The van der Waals surface area contributed by atoms with Crippen LogP contribution in [-0.4, -0.2) is 43.0 Å². The highest BCUT2D eigenvalue weighted by Gasteiger charge is 2.06. The minimum Gasteiger partial charge on any atom is -0.361 e. The number of nitrogens with one attached hydrogen (secondary N) is 2. The van der Waals surface area contributed by atoms with Gasteiger partial charge in [0.2, 0.25) is 0 Å². The first-order valence-corrected chi connectivity index (χ1v) is 5.58. The molecule has 1 radical (unpaired) electrons. The number of nitrogens with zero attached hydrogens (tertiary/aromatic N) is 1. The summed E-state index contributed by atoms with van der Waals surface area (Å²) in [4.78, 5) is 16.9. The number of aromatic amines is 1. The SMILES string of the molecule is CN(C)CCNC(=O)c1ccc2[c]c[nH]c2c1. The molecule has 89 valence electrons. The van der Waals surface area contributed by atoms with Crippen molar-refractivity contribution in [2.24, 2.45) is 0 Å². The van der Waals surface area contributed by atoms with E-state index >= 15 is 0 Å². The fourth-order valence-corrected chi connectivity index (χ4v) is 1.62. The molecule has 1 amide bonds. The summed E-state index contributed by atoms with van der Waals surface area (Å²) >= 11 is 0. The molecule has 1 heterocycles. The Morgan fingerprint density at radius 3 is 3.06 bits per heavy atom. The van der Waals surface area contributed by atoms with Gasteiger partial charge < -0.3 is 15.2 Å². The summed E-state index contributed by atoms with van der Waals surface area (Å²) in [6, 6.07) is 8.61. The van der Waals surface area contributed by atoms with Crippen molar-refractivity contribution in [3.63, 3.8) is 0 Å². The van der Waals surface area contributed by atoms with Crippen LogP contribution >= 0.6 is 0 Å². The molecule has 0 unspecified atom stereocenters. The van der Waals surface area contributed by atoms with Gasteiger partial charge in [0.05, 0.1) is 0 Å². The first-order valence-electron chi connectivity index (χ1n) is 5.58. The van der Waals surface area contributed by atoms with Gasteiger partial charge in [0.1, 0.15) is 0 Å². The van der Waals surface area contributed by atoms with Crippen LogP contribution in [0.2, 0.25) is 0 Å². The van der Waals surface area contributed by atoms with E-state index in [0.29, 0.717) is 12.1 Å². The molecule has 0 spiro atoms. The Balaban J connectivity index is 2.03. The van der Waals surface area contributed by atoms with Gasteiger partial charge in [0, 0.05) is 41.8 Å². The van der Waals surface area contributed by atoms with Gasteiger partial charge in [-0.25, -0.2) is 0 Å². The minimum atomic E-state index is -0.0386. The van der Waals surface area contributed by atoms with Gasteiger partial charge in [-0.3, -0.25) is 4.79 Å². The highest BCUT2D eigenvalue weighted by Crippen LogP contribution is 2.13. The predicted molar refractivity (Wildman–Crippen MR) is 68.0 cm³/mol. The van der Waals surface area contributed by atoms with E-state index in [1.165, 1.54) is 0 Å². The van der Waals surface area contributed by atoms with E-state index < -0.39 is 0 Å². The van der Waals surface area contributed by atoms with Crippen LogP contribution in [0.5, 0.6) is 0 Å². The maximum absolute atomic E-state index is 11.8. The van der Waals surface area contributed by atoms with E-state index in [1.807, 2.05) is 37.2 Å². The van der Waals surface area contributed by atoms with Crippen LogP contribution in [0.15, 0.2) is 24.4 Å². The molecule has 0 saturated carbocycles. The number of aromatic nitrogens is 1. The van der Waals surface area contributed by atoms with Gasteiger partial charge in [-0.05, 0) is 26.2 Å². The first kappa shape index (κ1) is 11.7. The standard InChI is InChI=1S/C13H16N3O/c1-16(2)8-7-15-13(17)11-4-3-10-5-6-14-12(10)9-11/h3-4,6,9,14H,7-8H2,1-2H3,(H,15,17). The van der Waals surface area contributed by atoms with Gasteiger partial charge in [-0.2, -0.15) is 0 Å². The lowest BCUT2D eigenvalue weighted by molar-refractivity contribution is 0.0951. The number of fused-ring (bicyclic) bond motifs is 1. The zero-order chi connectivity index (χ0) is 12.3. The molecule has 0 bridgehead atoms. The fourth-order valence-electron chi connectivity index (χ4n) is 1.62. The Hall–Kier alpha value is -1.81. The van der Waals surface area contributed by atoms with E-state index in [-0.39, 0.29) is 5.91 Å². The third kappa shape index (κ3) is 2.85. The zero-order valence-electron chi connectivity index (χ0n) is 10.1. The molecule has 0 aliphatic heterocycles. The van der Waals surface area contributed by atoms with Gasteiger partial charge in [0.25, 0.3) is 5.91 Å². The van der Waals surface area contributed by atoms with Crippen LogP contribution in [0, 0.1) is 6.07 Å². The van der Waals surface area contributed by atoms with Gasteiger partial charge in [0.15, 0.2) is 0 Å². The number of carbonyl (C=O) groups is 1. The van der Waals surface area contributed by atoms with Crippen molar-refractivity contribution in [3.8, 4) is 0 Å². The van der Waals surface area contributed by atoms with E-state index in [1.54, 1.807) is 6.20 Å². The van der Waals surface area contributed by atoms with E-state index in [0.717, 1.165) is 17.4 Å². The quantitative estimate of drug-likeness (QED) is 0.830. The second-order valence-electron chi connectivity index (χ2n) is 4.25. The molecular formula is C13H16N3O. The maximum Gasteiger partial charge on any atom is 0.251 e. The van der Waals surface area contributed by atoms with Crippen LogP contribution in [0.1, 0.15) is 10.4 Å². The molecule has 0 saturated heterocycles. The number of carbonyl (C=O) groups excluding carboxylic acids is 1. The lowest BCUT2D eigenvalue weighted by Gasteiger charge is -2.10. The molecule has 1 aromatic heterocycles. The highest BCUT2D eigenvalue weighted by molar-refractivity contribution is 5.97. The summed E-state index contributed by atoms with van der Waals surface area (Å²) < 4.78 is 0. The van der Waals surface area contributed by atoms with Gasteiger partial charge in [-0.15, -0.1) is 0 Å². The van der Waals surface area contributed by atoms with E-state index in [9.17, 15) is 4.79 Å². The molecule has 17 heavy (non-hydrogen) atoms. The number of benzene rings is 1. The van der Waals surface area contributed by atoms with Crippen LogP contribution in [0.3, 0.4) is 0 Å². The van der Waals surface area contributed by atoms with Gasteiger partial charge in [-0.1, -0.05) is 6.07 Å². The molecule has 0 fully saturated rings. The molecule has 1 aromatic carbocycles. The van der Waals surface area contributed by atoms with Crippen LogP contribution in [-0.2, 0) is 0 Å². The second-order valence-corrected chi connectivity index (χ2v) is 4.25. The summed E-state index contributed by atoms with van der Waals surface area (Å²) in [6.07, 6.45) is 1.75. The molecule has 2 aromatic rings. The van der Waals surface area contributed by atoms with Crippen LogP contribution in [0.25, 0.3) is 10.9 Å². The van der Waals surface area contributed by atoms with Crippen LogP contribution in [0.4, 0.5) is 0 Å². The van der Waals surface area contributed by atoms with Crippen molar-refractivity contribution in [1.82, 2.24) is 15.2 Å². The summed E-state index contributed by atoms with van der Waals surface area (Å²) in [6.45, 7) is 1.49. The monoisotopic (exact) mass is 230 g/mol. The number of amides is 1. The largest absolute Gasteiger partial charge is 0.361 e.